The summed E-state index contributed by atoms with van der Waals surface area (Å²) in [6, 6.07) is 7.75. The minimum atomic E-state index is -5.07. The molecule has 0 aliphatic heterocycles. The lowest BCUT2D eigenvalue weighted by atomic mass is 10.0. The first-order valence-corrected chi connectivity index (χ1v) is 6.83. The first kappa shape index (κ1) is 19.4. The van der Waals surface area contributed by atoms with Gasteiger partial charge in [-0.3, -0.25) is 0 Å². The molecule has 26 heavy (non-hydrogen) atoms. The second kappa shape index (κ2) is 7.14. The molecule has 0 aliphatic carbocycles. The molecule has 0 aromatic heterocycles. The van der Waals surface area contributed by atoms with Crippen molar-refractivity contribution < 1.29 is 45.3 Å². The van der Waals surface area contributed by atoms with Crippen LogP contribution in [-0.4, -0.2) is 25.8 Å². The summed E-state index contributed by atoms with van der Waals surface area (Å²) in [6.07, 6.45) is -10.0. The van der Waals surface area contributed by atoms with E-state index in [-0.39, 0.29) is 11.1 Å². The van der Waals surface area contributed by atoms with Crippen LogP contribution < -0.4 is 9.47 Å². The molecule has 0 aliphatic rings. The third-order valence-corrected chi connectivity index (χ3v) is 3.03. The van der Waals surface area contributed by atoms with E-state index < -0.39 is 35.8 Å². The Balaban J connectivity index is 2.54. The fourth-order valence-electron chi connectivity index (χ4n) is 2.10. The number of carbonyl (C=O) groups excluding carboxylic acids is 1. The highest BCUT2D eigenvalue weighted by Crippen LogP contribution is 2.36. The highest BCUT2D eigenvalue weighted by atomic mass is 19.4. The van der Waals surface area contributed by atoms with Crippen molar-refractivity contribution in [3.63, 3.8) is 0 Å². The summed E-state index contributed by atoms with van der Waals surface area (Å²) in [5, 5.41) is 0. The minimum absolute atomic E-state index is 0.000209. The summed E-state index contributed by atoms with van der Waals surface area (Å²) < 4.78 is 86.9. The molecule has 0 saturated carbocycles. The van der Waals surface area contributed by atoms with Crippen LogP contribution in [0.15, 0.2) is 42.5 Å². The van der Waals surface area contributed by atoms with Crippen LogP contribution in [0.4, 0.5) is 26.3 Å². The molecule has 2 aromatic rings. The van der Waals surface area contributed by atoms with Gasteiger partial charge in [0.25, 0.3) is 0 Å². The van der Waals surface area contributed by atoms with Gasteiger partial charge < -0.3 is 14.2 Å². The quantitative estimate of drug-likeness (QED) is 0.557. The zero-order valence-electron chi connectivity index (χ0n) is 12.9. The Kier molecular flexibility index (Phi) is 5.33. The van der Waals surface area contributed by atoms with Crippen molar-refractivity contribution in [2.75, 3.05) is 7.11 Å². The first-order valence-electron chi connectivity index (χ1n) is 6.83. The van der Waals surface area contributed by atoms with Crippen molar-refractivity contribution in [3.05, 3.63) is 48.0 Å². The number of halogens is 6. The van der Waals surface area contributed by atoms with Crippen molar-refractivity contribution in [2.24, 2.45) is 0 Å². The monoisotopic (exact) mass is 380 g/mol. The fourth-order valence-corrected chi connectivity index (χ4v) is 2.10. The maximum absolute atomic E-state index is 12.5. The van der Waals surface area contributed by atoms with Crippen molar-refractivity contribution >= 4 is 5.97 Å². The van der Waals surface area contributed by atoms with Crippen LogP contribution in [0.2, 0.25) is 0 Å². The molecule has 0 spiro atoms. The van der Waals surface area contributed by atoms with Crippen molar-refractivity contribution in [3.8, 4) is 22.6 Å². The van der Waals surface area contributed by atoms with Gasteiger partial charge in [0.1, 0.15) is 17.1 Å². The summed E-state index contributed by atoms with van der Waals surface area (Å²) in [4.78, 5) is 11.7. The summed E-state index contributed by atoms with van der Waals surface area (Å²) >= 11 is 0. The Hall–Kier alpha value is -2.91. The van der Waals surface area contributed by atoms with E-state index in [1.807, 2.05) is 0 Å². The fraction of sp³-hybridized carbons (Fsp3) is 0.188. The van der Waals surface area contributed by atoms with Gasteiger partial charge in [0.05, 0.1) is 7.11 Å². The molecule has 2 aromatic carbocycles. The summed E-state index contributed by atoms with van der Waals surface area (Å²) in [7, 11) is 0.938. The van der Waals surface area contributed by atoms with Gasteiger partial charge in [-0.15, -0.1) is 26.3 Å². The molecule has 0 heterocycles. The molecule has 4 nitrogen and oxygen atoms in total. The number of ether oxygens (including phenoxy) is 3. The number of para-hydroxylation sites is 1. The van der Waals surface area contributed by atoms with Crippen molar-refractivity contribution in [1.82, 2.24) is 0 Å². The molecule has 140 valence electrons. The van der Waals surface area contributed by atoms with E-state index in [1.54, 1.807) is 0 Å². The van der Waals surface area contributed by atoms with E-state index >= 15 is 0 Å². The predicted octanol–water partition coefficient (Wildman–Crippen LogP) is 4.94. The molecule has 0 bridgehead atoms. The van der Waals surface area contributed by atoms with E-state index in [2.05, 4.69) is 14.2 Å². The molecular weight excluding hydrogens is 370 g/mol. The van der Waals surface area contributed by atoms with Crippen molar-refractivity contribution in [1.29, 1.82) is 0 Å². The zero-order chi connectivity index (χ0) is 19.5. The van der Waals surface area contributed by atoms with Gasteiger partial charge in [0, 0.05) is 5.56 Å². The van der Waals surface area contributed by atoms with Crippen LogP contribution in [0.25, 0.3) is 11.1 Å². The molecule has 0 radical (unpaired) electrons. The molecule has 0 atom stereocenters. The van der Waals surface area contributed by atoms with Crippen LogP contribution in [-0.2, 0) is 4.74 Å². The van der Waals surface area contributed by atoms with Gasteiger partial charge in [-0.05, 0) is 23.8 Å². The van der Waals surface area contributed by atoms with E-state index in [0.29, 0.717) is 0 Å². The SMILES string of the molecule is COC(=O)c1cc(-c2ccccc2OC(F)(F)F)ccc1OC(F)(F)F. The van der Waals surface area contributed by atoms with E-state index in [4.69, 9.17) is 0 Å². The van der Waals surface area contributed by atoms with Gasteiger partial charge >= 0.3 is 18.7 Å². The second-order valence-electron chi connectivity index (χ2n) is 4.79. The second-order valence-corrected chi connectivity index (χ2v) is 4.79. The maximum atomic E-state index is 12.5. The number of benzene rings is 2. The number of carbonyl (C=O) groups is 1. The van der Waals surface area contributed by atoms with Crippen molar-refractivity contribution in [2.45, 2.75) is 12.7 Å². The van der Waals surface area contributed by atoms with E-state index in [1.165, 1.54) is 18.2 Å². The third-order valence-electron chi connectivity index (χ3n) is 3.03. The Bertz CT molecular complexity index is 798. The molecule has 0 saturated heterocycles. The first-order chi connectivity index (χ1) is 12.0. The summed E-state index contributed by atoms with van der Waals surface area (Å²) in [5.74, 6) is -2.58. The highest BCUT2D eigenvalue weighted by molar-refractivity contribution is 5.94. The number of alkyl halides is 6. The Morgan fingerprint density at radius 2 is 1.42 bits per heavy atom. The number of hydrogen-bond acceptors (Lipinski definition) is 4. The molecule has 0 unspecified atom stereocenters. The number of rotatable bonds is 4. The predicted molar refractivity (Wildman–Crippen MR) is 76.6 cm³/mol. The lowest BCUT2D eigenvalue weighted by Crippen LogP contribution is -2.19. The minimum Gasteiger partial charge on any atom is -0.465 e. The topological polar surface area (TPSA) is 44.8 Å². The van der Waals surface area contributed by atoms with Gasteiger partial charge in [0.15, 0.2) is 0 Å². The van der Waals surface area contributed by atoms with Crippen LogP contribution in [0.5, 0.6) is 11.5 Å². The Morgan fingerprint density at radius 1 is 0.846 bits per heavy atom. The highest BCUT2D eigenvalue weighted by Gasteiger charge is 2.34. The maximum Gasteiger partial charge on any atom is 0.573 e. The number of hydrogen-bond donors (Lipinski definition) is 0. The smallest absolute Gasteiger partial charge is 0.465 e. The summed E-state index contributed by atoms with van der Waals surface area (Å²) in [6.45, 7) is 0. The molecule has 0 N–H and O–H groups in total. The van der Waals surface area contributed by atoms with Gasteiger partial charge in [0.2, 0.25) is 0 Å². The van der Waals surface area contributed by atoms with E-state index in [0.717, 1.165) is 31.4 Å². The normalized spacial score (nSPS) is 11.8. The zero-order valence-corrected chi connectivity index (χ0v) is 12.9. The molecule has 0 fully saturated rings. The average Bonchev–Trinajstić information content (AvgIpc) is 2.52. The molecule has 0 amide bonds. The van der Waals surface area contributed by atoms with Crippen LogP contribution in [0.1, 0.15) is 10.4 Å². The largest absolute Gasteiger partial charge is 0.573 e. The van der Waals surface area contributed by atoms with Crippen LogP contribution in [0.3, 0.4) is 0 Å². The number of esters is 1. The Labute approximate surface area is 142 Å². The summed E-state index contributed by atoms with van der Waals surface area (Å²) in [5.41, 5.74) is -0.697. The van der Waals surface area contributed by atoms with Gasteiger partial charge in [-0.1, -0.05) is 24.3 Å². The average molecular weight is 380 g/mol. The standard InChI is InChI=1S/C16H10F6O4/c1-24-14(23)11-8-9(6-7-13(11)26-16(20,21)22)10-4-2-3-5-12(10)25-15(17,18)19/h2-8H,1H3. The lowest BCUT2D eigenvalue weighted by Gasteiger charge is -2.16. The van der Waals surface area contributed by atoms with E-state index in [9.17, 15) is 31.1 Å². The third kappa shape index (κ3) is 5.04. The Morgan fingerprint density at radius 3 is 2.00 bits per heavy atom. The van der Waals surface area contributed by atoms with Gasteiger partial charge in [-0.25, -0.2) is 4.79 Å². The van der Waals surface area contributed by atoms with Crippen LogP contribution >= 0.6 is 0 Å². The van der Waals surface area contributed by atoms with Gasteiger partial charge in [-0.2, -0.15) is 0 Å². The number of methoxy groups -OCH3 is 1. The molecule has 10 heteroatoms. The lowest BCUT2D eigenvalue weighted by molar-refractivity contribution is -0.275. The molecular formula is C16H10F6O4. The van der Waals surface area contributed by atoms with Crippen LogP contribution in [0, 0.1) is 0 Å². The molecule has 2 rings (SSSR count).